The summed E-state index contributed by atoms with van der Waals surface area (Å²) in [6.07, 6.45) is 4.68. The van der Waals surface area contributed by atoms with Crippen LogP contribution in [0.15, 0.2) is 29.2 Å². The van der Waals surface area contributed by atoms with Gasteiger partial charge >= 0.3 is 0 Å². The van der Waals surface area contributed by atoms with Crippen LogP contribution in [0.1, 0.15) is 16.8 Å². The zero-order valence-corrected chi connectivity index (χ0v) is 10.1. The summed E-state index contributed by atoms with van der Waals surface area (Å²) in [5.74, 6) is 1.15. The number of hydrogen-bond acceptors (Lipinski definition) is 3. The summed E-state index contributed by atoms with van der Waals surface area (Å²) < 4.78 is 0. The maximum atomic E-state index is 11.6. The van der Waals surface area contributed by atoms with Gasteiger partial charge in [-0.1, -0.05) is 12.1 Å². The SMILES string of the molecule is CSCCC(=O)c1cccc(SC)c1. The van der Waals surface area contributed by atoms with Gasteiger partial charge in [0.1, 0.15) is 0 Å². The Morgan fingerprint density at radius 1 is 1.36 bits per heavy atom. The van der Waals surface area contributed by atoms with Crippen molar-refractivity contribution in [2.24, 2.45) is 0 Å². The van der Waals surface area contributed by atoms with Crippen LogP contribution in [0.5, 0.6) is 0 Å². The third kappa shape index (κ3) is 3.39. The Morgan fingerprint density at radius 2 is 2.14 bits per heavy atom. The van der Waals surface area contributed by atoms with E-state index in [9.17, 15) is 4.79 Å². The fraction of sp³-hybridized carbons (Fsp3) is 0.364. The number of hydrogen-bond donors (Lipinski definition) is 0. The standard InChI is InChI=1S/C11H14OS2/c1-13-7-6-11(12)9-4-3-5-10(8-9)14-2/h3-5,8H,6-7H2,1-2H3. The lowest BCUT2D eigenvalue weighted by molar-refractivity contribution is 0.0989. The van der Waals surface area contributed by atoms with Gasteiger partial charge in [0.2, 0.25) is 0 Å². The van der Waals surface area contributed by atoms with Gasteiger partial charge in [-0.2, -0.15) is 11.8 Å². The zero-order valence-electron chi connectivity index (χ0n) is 8.45. The Bertz CT molecular complexity index is 310. The number of thioether (sulfide) groups is 2. The molecule has 0 heterocycles. The smallest absolute Gasteiger partial charge is 0.163 e. The largest absolute Gasteiger partial charge is 0.294 e. The zero-order chi connectivity index (χ0) is 10.4. The van der Waals surface area contributed by atoms with Gasteiger partial charge in [-0.3, -0.25) is 4.79 Å². The van der Waals surface area contributed by atoms with Crippen molar-refractivity contribution < 1.29 is 4.79 Å². The highest BCUT2D eigenvalue weighted by Gasteiger charge is 2.05. The molecule has 0 unspecified atom stereocenters. The van der Waals surface area contributed by atoms with Crippen molar-refractivity contribution >= 4 is 29.3 Å². The van der Waals surface area contributed by atoms with Crippen LogP contribution in [0.4, 0.5) is 0 Å². The van der Waals surface area contributed by atoms with Gasteiger partial charge in [0, 0.05) is 22.6 Å². The Balaban J connectivity index is 2.69. The van der Waals surface area contributed by atoms with E-state index in [2.05, 4.69) is 0 Å². The van der Waals surface area contributed by atoms with Gasteiger partial charge in [0.15, 0.2) is 5.78 Å². The van der Waals surface area contributed by atoms with E-state index in [1.807, 2.05) is 36.8 Å². The van der Waals surface area contributed by atoms with Gasteiger partial charge in [0.25, 0.3) is 0 Å². The molecule has 0 fully saturated rings. The topological polar surface area (TPSA) is 17.1 Å². The van der Waals surface area contributed by atoms with Crippen molar-refractivity contribution in [1.29, 1.82) is 0 Å². The Kier molecular flexibility index (Phi) is 5.12. The highest BCUT2D eigenvalue weighted by atomic mass is 32.2. The number of carbonyl (C=O) groups excluding carboxylic acids is 1. The summed E-state index contributed by atoms with van der Waals surface area (Å²) in [5.41, 5.74) is 0.839. The molecule has 0 N–H and O–H groups in total. The number of ketones is 1. The van der Waals surface area contributed by atoms with Gasteiger partial charge in [0.05, 0.1) is 0 Å². The summed E-state index contributed by atoms with van der Waals surface area (Å²) in [6.45, 7) is 0. The first-order chi connectivity index (χ1) is 6.77. The Labute approximate surface area is 93.7 Å². The minimum atomic E-state index is 0.246. The van der Waals surface area contributed by atoms with Crippen molar-refractivity contribution in [2.75, 3.05) is 18.3 Å². The van der Waals surface area contributed by atoms with E-state index in [-0.39, 0.29) is 5.78 Å². The average Bonchev–Trinajstić information content (AvgIpc) is 2.26. The molecule has 0 spiro atoms. The maximum absolute atomic E-state index is 11.6. The van der Waals surface area contributed by atoms with E-state index in [0.29, 0.717) is 6.42 Å². The number of rotatable bonds is 5. The molecule has 1 aromatic rings. The average molecular weight is 226 g/mol. The molecule has 76 valence electrons. The molecule has 1 nitrogen and oxygen atoms in total. The molecule has 0 saturated heterocycles. The van der Waals surface area contributed by atoms with Crippen LogP contribution in [-0.2, 0) is 0 Å². The van der Waals surface area contributed by atoms with Gasteiger partial charge in [-0.25, -0.2) is 0 Å². The Morgan fingerprint density at radius 3 is 2.79 bits per heavy atom. The molecule has 0 radical (unpaired) electrons. The molecule has 1 aromatic carbocycles. The molecule has 14 heavy (non-hydrogen) atoms. The van der Waals surface area contributed by atoms with E-state index in [4.69, 9.17) is 0 Å². The summed E-state index contributed by atoms with van der Waals surface area (Å²) in [7, 11) is 0. The van der Waals surface area contributed by atoms with Crippen molar-refractivity contribution in [2.45, 2.75) is 11.3 Å². The van der Waals surface area contributed by atoms with E-state index in [1.54, 1.807) is 23.5 Å². The molecular formula is C11H14OS2. The maximum Gasteiger partial charge on any atom is 0.163 e. The van der Waals surface area contributed by atoms with Crippen molar-refractivity contribution in [3.05, 3.63) is 29.8 Å². The summed E-state index contributed by atoms with van der Waals surface area (Å²) in [5, 5.41) is 0. The van der Waals surface area contributed by atoms with Gasteiger partial charge in [-0.05, 0) is 24.6 Å². The second-order valence-electron chi connectivity index (χ2n) is 2.90. The molecule has 0 bridgehead atoms. The molecule has 0 atom stereocenters. The van der Waals surface area contributed by atoms with Crippen LogP contribution >= 0.6 is 23.5 Å². The monoisotopic (exact) mass is 226 g/mol. The highest BCUT2D eigenvalue weighted by molar-refractivity contribution is 7.98. The molecule has 0 aliphatic heterocycles. The molecular weight excluding hydrogens is 212 g/mol. The molecule has 0 aliphatic carbocycles. The minimum absolute atomic E-state index is 0.246. The third-order valence-electron chi connectivity index (χ3n) is 1.92. The minimum Gasteiger partial charge on any atom is -0.294 e. The number of Topliss-reactive ketones (excluding diaryl/α,β-unsaturated/α-hetero) is 1. The molecule has 0 aliphatic rings. The third-order valence-corrected chi connectivity index (χ3v) is 3.26. The summed E-state index contributed by atoms with van der Waals surface area (Å²) >= 11 is 3.38. The summed E-state index contributed by atoms with van der Waals surface area (Å²) in [4.78, 5) is 12.8. The fourth-order valence-electron chi connectivity index (χ4n) is 1.14. The predicted octanol–water partition coefficient (Wildman–Crippen LogP) is 3.34. The van der Waals surface area contributed by atoms with Crippen LogP contribution < -0.4 is 0 Å². The molecule has 0 aromatic heterocycles. The second kappa shape index (κ2) is 6.14. The van der Waals surface area contributed by atoms with Crippen LogP contribution in [0, 0.1) is 0 Å². The van der Waals surface area contributed by atoms with Gasteiger partial charge in [-0.15, -0.1) is 11.8 Å². The van der Waals surface area contributed by atoms with E-state index < -0.39 is 0 Å². The number of benzene rings is 1. The second-order valence-corrected chi connectivity index (χ2v) is 4.76. The van der Waals surface area contributed by atoms with Crippen molar-refractivity contribution in [1.82, 2.24) is 0 Å². The van der Waals surface area contributed by atoms with Crippen LogP contribution in [0.3, 0.4) is 0 Å². The normalized spacial score (nSPS) is 10.1. The first kappa shape index (κ1) is 11.7. The lowest BCUT2D eigenvalue weighted by Crippen LogP contribution is -2.00. The Hall–Kier alpha value is -0.410. The molecule has 3 heteroatoms. The van der Waals surface area contributed by atoms with E-state index >= 15 is 0 Å². The summed E-state index contributed by atoms with van der Waals surface area (Å²) in [6, 6.07) is 7.82. The number of carbonyl (C=O) groups is 1. The van der Waals surface area contributed by atoms with E-state index in [0.717, 1.165) is 16.2 Å². The van der Waals surface area contributed by atoms with Crippen LogP contribution in [0.25, 0.3) is 0 Å². The van der Waals surface area contributed by atoms with Crippen LogP contribution in [0.2, 0.25) is 0 Å². The predicted molar refractivity (Wildman–Crippen MR) is 65.6 cm³/mol. The highest BCUT2D eigenvalue weighted by Crippen LogP contribution is 2.17. The van der Waals surface area contributed by atoms with E-state index in [1.165, 1.54) is 0 Å². The lowest BCUT2D eigenvalue weighted by atomic mass is 10.1. The first-order valence-corrected chi connectivity index (χ1v) is 7.06. The first-order valence-electron chi connectivity index (χ1n) is 4.44. The fourth-order valence-corrected chi connectivity index (χ4v) is 1.98. The quantitative estimate of drug-likeness (QED) is 0.566. The molecule has 0 amide bonds. The van der Waals surface area contributed by atoms with Crippen molar-refractivity contribution in [3.63, 3.8) is 0 Å². The molecule has 1 rings (SSSR count). The lowest BCUT2D eigenvalue weighted by Gasteiger charge is -2.01. The van der Waals surface area contributed by atoms with Gasteiger partial charge < -0.3 is 0 Å². The molecule has 0 saturated carbocycles. The van der Waals surface area contributed by atoms with Crippen molar-refractivity contribution in [3.8, 4) is 0 Å². The van der Waals surface area contributed by atoms with Crippen LogP contribution in [-0.4, -0.2) is 24.0 Å².